The second-order valence-corrected chi connectivity index (χ2v) is 8.11. The van der Waals surface area contributed by atoms with Gasteiger partial charge in [0, 0.05) is 36.3 Å². The number of anilines is 1. The summed E-state index contributed by atoms with van der Waals surface area (Å²) in [5, 5.41) is 3.50. The summed E-state index contributed by atoms with van der Waals surface area (Å²) in [5.74, 6) is 0.827. The summed E-state index contributed by atoms with van der Waals surface area (Å²) < 4.78 is 27.3. The van der Waals surface area contributed by atoms with Crippen LogP contribution in [0.25, 0.3) is 0 Å². The van der Waals surface area contributed by atoms with E-state index in [2.05, 4.69) is 17.2 Å². The Bertz CT molecular complexity index is 562. The smallest absolute Gasteiger partial charge is 0.262 e. The molecule has 1 aromatic heterocycles. The minimum atomic E-state index is -3.55. The predicted octanol–water partition coefficient (Wildman–Crippen LogP) is 2.03. The number of rotatable bonds is 4. The highest BCUT2D eigenvalue weighted by atomic mass is 32.2. The number of thioether (sulfide) groups is 1. The first-order chi connectivity index (χ1) is 9.48. The zero-order valence-electron chi connectivity index (χ0n) is 12.0. The van der Waals surface area contributed by atoms with Gasteiger partial charge in [0.15, 0.2) is 5.03 Å². The van der Waals surface area contributed by atoms with E-state index in [1.807, 2.05) is 25.6 Å². The van der Waals surface area contributed by atoms with Crippen LogP contribution < -0.4 is 5.32 Å². The molecule has 0 aromatic carbocycles. The molecule has 2 rings (SSSR count). The molecule has 20 heavy (non-hydrogen) atoms. The lowest BCUT2D eigenvalue weighted by Crippen LogP contribution is -2.48. The molecule has 0 aliphatic carbocycles. The minimum Gasteiger partial charge on any atom is -0.383 e. The molecule has 0 spiro atoms. The molecule has 0 amide bonds. The van der Waals surface area contributed by atoms with Gasteiger partial charge in [-0.1, -0.05) is 6.92 Å². The van der Waals surface area contributed by atoms with Crippen molar-refractivity contribution in [1.29, 1.82) is 0 Å². The van der Waals surface area contributed by atoms with Gasteiger partial charge in [0.1, 0.15) is 0 Å². The van der Waals surface area contributed by atoms with Gasteiger partial charge in [0.25, 0.3) is 10.0 Å². The Morgan fingerprint density at radius 3 is 2.95 bits per heavy atom. The monoisotopic (exact) mass is 315 g/mol. The van der Waals surface area contributed by atoms with Crippen LogP contribution in [0.15, 0.2) is 23.4 Å². The molecule has 1 aliphatic rings. The van der Waals surface area contributed by atoms with Crippen LogP contribution >= 0.6 is 11.8 Å². The average molecular weight is 315 g/mol. The Labute approximate surface area is 125 Å². The SMILES string of the molecule is CCNc1cccnc1S(=O)(=O)N1CCSC(C)C1C. The first kappa shape index (κ1) is 15.6. The number of pyridine rings is 1. The number of sulfonamides is 1. The maximum Gasteiger partial charge on any atom is 0.262 e. The number of nitrogens with zero attached hydrogens (tertiary/aromatic N) is 2. The summed E-state index contributed by atoms with van der Waals surface area (Å²) in [7, 11) is -3.55. The Hall–Kier alpha value is -0.790. The summed E-state index contributed by atoms with van der Waals surface area (Å²) >= 11 is 1.81. The summed E-state index contributed by atoms with van der Waals surface area (Å²) in [6.45, 7) is 7.17. The van der Waals surface area contributed by atoms with Gasteiger partial charge in [-0.15, -0.1) is 0 Å². The lowest BCUT2D eigenvalue weighted by molar-refractivity contribution is 0.339. The molecule has 2 atom stereocenters. The first-order valence-electron chi connectivity index (χ1n) is 6.80. The molecule has 2 heterocycles. The second-order valence-electron chi connectivity index (χ2n) is 4.82. The number of aromatic nitrogens is 1. The summed E-state index contributed by atoms with van der Waals surface area (Å²) in [6.07, 6.45) is 1.53. The fourth-order valence-electron chi connectivity index (χ4n) is 2.28. The van der Waals surface area contributed by atoms with Crippen LogP contribution in [-0.2, 0) is 10.0 Å². The van der Waals surface area contributed by atoms with Crippen LogP contribution in [0.3, 0.4) is 0 Å². The number of hydrogen-bond acceptors (Lipinski definition) is 5. The Morgan fingerprint density at radius 2 is 2.25 bits per heavy atom. The van der Waals surface area contributed by atoms with Crippen molar-refractivity contribution in [3.05, 3.63) is 18.3 Å². The molecule has 2 unspecified atom stereocenters. The Balaban J connectivity index is 2.39. The molecule has 0 radical (unpaired) electrons. The highest BCUT2D eigenvalue weighted by Gasteiger charge is 2.36. The molecule has 1 aromatic rings. The van der Waals surface area contributed by atoms with Crippen molar-refractivity contribution in [2.75, 3.05) is 24.2 Å². The van der Waals surface area contributed by atoms with Crippen molar-refractivity contribution in [1.82, 2.24) is 9.29 Å². The maximum atomic E-state index is 12.9. The van der Waals surface area contributed by atoms with Crippen molar-refractivity contribution >= 4 is 27.5 Å². The molecular formula is C13H21N3O2S2. The molecule has 1 saturated heterocycles. The van der Waals surface area contributed by atoms with E-state index in [-0.39, 0.29) is 11.1 Å². The van der Waals surface area contributed by atoms with Crippen LogP contribution in [-0.4, -0.2) is 47.8 Å². The van der Waals surface area contributed by atoms with Crippen LogP contribution in [0.1, 0.15) is 20.8 Å². The lowest BCUT2D eigenvalue weighted by Gasteiger charge is -2.36. The predicted molar refractivity (Wildman–Crippen MR) is 83.7 cm³/mol. The number of nitrogens with one attached hydrogen (secondary N) is 1. The van der Waals surface area contributed by atoms with E-state index in [0.29, 0.717) is 24.0 Å². The van der Waals surface area contributed by atoms with E-state index in [9.17, 15) is 8.42 Å². The number of hydrogen-bond donors (Lipinski definition) is 1. The average Bonchev–Trinajstić information content (AvgIpc) is 2.42. The minimum absolute atomic E-state index is 0.0183. The molecule has 5 nitrogen and oxygen atoms in total. The topological polar surface area (TPSA) is 62.3 Å². The zero-order valence-corrected chi connectivity index (χ0v) is 13.7. The quantitative estimate of drug-likeness (QED) is 0.921. The van der Waals surface area contributed by atoms with Gasteiger partial charge in [-0.05, 0) is 26.0 Å². The summed E-state index contributed by atoms with van der Waals surface area (Å²) in [4.78, 5) is 4.10. The van der Waals surface area contributed by atoms with E-state index in [1.165, 1.54) is 6.20 Å². The summed E-state index contributed by atoms with van der Waals surface area (Å²) in [6, 6.07) is 3.49. The van der Waals surface area contributed by atoms with Gasteiger partial charge in [0.2, 0.25) is 0 Å². The van der Waals surface area contributed by atoms with Crippen LogP contribution in [0.4, 0.5) is 5.69 Å². The van der Waals surface area contributed by atoms with Crippen LogP contribution in [0.5, 0.6) is 0 Å². The van der Waals surface area contributed by atoms with Gasteiger partial charge < -0.3 is 5.32 Å². The van der Waals surface area contributed by atoms with E-state index in [1.54, 1.807) is 16.4 Å². The van der Waals surface area contributed by atoms with Crippen molar-refractivity contribution < 1.29 is 8.42 Å². The zero-order chi connectivity index (χ0) is 14.8. The van der Waals surface area contributed by atoms with Gasteiger partial charge in [-0.25, -0.2) is 13.4 Å². The normalized spacial score (nSPS) is 24.6. The first-order valence-corrected chi connectivity index (χ1v) is 9.29. The Kier molecular flexibility index (Phi) is 4.93. The van der Waals surface area contributed by atoms with Crippen molar-refractivity contribution in [3.8, 4) is 0 Å². The summed E-state index contributed by atoms with van der Waals surface area (Å²) in [5.41, 5.74) is 0.577. The standard InChI is InChI=1S/C13H21N3O2S2/c1-4-14-12-6-5-7-15-13(12)20(17,18)16-8-9-19-11(3)10(16)2/h5-7,10-11,14H,4,8-9H2,1-3H3. The van der Waals surface area contributed by atoms with Crippen LogP contribution in [0.2, 0.25) is 0 Å². The molecule has 1 N–H and O–H groups in total. The van der Waals surface area contributed by atoms with Gasteiger partial charge in [0.05, 0.1) is 5.69 Å². The third kappa shape index (κ3) is 2.94. The van der Waals surface area contributed by atoms with Gasteiger partial charge >= 0.3 is 0 Å². The molecule has 0 saturated carbocycles. The fraction of sp³-hybridized carbons (Fsp3) is 0.615. The lowest BCUT2D eigenvalue weighted by atomic mass is 10.2. The van der Waals surface area contributed by atoms with E-state index in [4.69, 9.17) is 0 Å². The van der Waals surface area contributed by atoms with E-state index in [0.717, 1.165) is 5.75 Å². The van der Waals surface area contributed by atoms with Crippen molar-refractivity contribution in [2.24, 2.45) is 0 Å². The van der Waals surface area contributed by atoms with E-state index >= 15 is 0 Å². The Morgan fingerprint density at radius 1 is 1.50 bits per heavy atom. The molecular weight excluding hydrogens is 294 g/mol. The third-order valence-corrected chi connectivity index (χ3v) is 6.80. The fourth-order valence-corrected chi connectivity index (χ4v) is 5.36. The highest BCUT2D eigenvalue weighted by Crippen LogP contribution is 2.30. The third-order valence-electron chi connectivity index (χ3n) is 3.52. The molecule has 1 aliphatic heterocycles. The van der Waals surface area contributed by atoms with Gasteiger partial charge in [-0.2, -0.15) is 16.1 Å². The van der Waals surface area contributed by atoms with Gasteiger partial charge in [-0.3, -0.25) is 0 Å². The van der Waals surface area contributed by atoms with Crippen molar-refractivity contribution in [3.63, 3.8) is 0 Å². The maximum absolute atomic E-state index is 12.9. The largest absolute Gasteiger partial charge is 0.383 e. The highest BCUT2D eigenvalue weighted by molar-refractivity contribution is 8.00. The molecule has 7 heteroatoms. The molecule has 0 bridgehead atoms. The second kappa shape index (κ2) is 6.32. The van der Waals surface area contributed by atoms with Crippen LogP contribution in [0, 0.1) is 0 Å². The molecule has 112 valence electrons. The van der Waals surface area contributed by atoms with E-state index < -0.39 is 10.0 Å². The van der Waals surface area contributed by atoms with Crippen molar-refractivity contribution in [2.45, 2.75) is 37.1 Å². The molecule has 1 fully saturated rings.